The van der Waals surface area contributed by atoms with Crippen molar-refractivity contribution in [2.75, 3.05) is 32.3 Å². The number of anilines is 1. The number of aryl methyl sites for hydroxylation is 1. The lowest BCUT2D eigenvalue weighted by Crippen LogP contribution is -2.46. The van der Waals surface area contributed by atoms with E-state index in [9.17, 15) is 9.18 Å². The molecule has 0 radical (unpaired) electrons. The van der Waals surface area contributed by atoms with Crippen molar-refractivity contribution in [1.29, 1.82) is 0 Å². The van der Waals surface area contributed by atoms with Gasteiger partial charge in [-0.25, -0.2) is 14.4 Å². The molecule has 180 valence electrons. The quantitative estimate of drug-likeness (QED) is 0.131. The summed E-state index contributed by atoms with van der Waals surface area (Å²) in [6.45, 7) is 1.96. The highest BCUT2D eigenvalue weighted by Gasteiger charge is 2.26. The van der Waals surface area contributed by atoms with Crippen molar-refractivity contribution in [3.05, 3.63) is 29.6 Å². The molecule has 1 heterocycles. The normalized spacial score (nSPS) is 19.4. The number of nitrogens with one attached hydrogen (secondary N) is 3. The molecular weight excluding hydrogens is 429 g/mol. The Labute approximate surface area is 192 Å². The second kappa shape index (κ2) is 12.3. The molecule has 10 nitrogen and oxygen atoms in total. The van der Waals surface area contributed by atoms with Crippen molar-refractivity contribution in [2.45, 2.75) is 50.9 Å². The Balaban J connectivity index is 1.81. The van der Waals surface area contributed by atoms with Crippen molar-refractivity contribution in [1.82, 2.24) is 20.6 Å². The molecule has 1 unspecified atom stereocenters. The molecule has 5 N–H and O–H groups in total. The third kappa shape index (κ3) is 6.96. The van der Waals surface area contributed by atoms with Crippen LogP contribution in [-0.2, 0) is 9.57 Å². The van der Waals surface area contributed by atoms with E-state index in [4.69, 9.17) is 15.3 Å². The summed E-state index contributed by atoms with van der Waals surface area (Å²) >= 11 is 0. The lowest BCUT2D eigenvalue weighted by Gasteiger charge is -2.32. The van der Waals surface area contributed by atoms with Gasteiger partial charge in [0, 0.05) is 31.1 Å². The Morgan fingerprint density at radius 3 is 2.88 bits per heavy atom. The van der Waals surface area contributed by atoms with Crippen LogP contribution in [-0.4, -0.2) is 67.5 Å². The number of oxime groups is 1. The first-order valence-electron chi connectivity index (χ1n) is 11.1. The Hall–Kier alpha value is -3.05. The lowest BCUT2D eigenvalue weighted by molar-refractivity contribution is 0.0455. The van der Waals surface area contributed by atoms with Gasteiger partial charge in [0.05, 0.1) is 12.1 Å². The summed E-state index contributed by atoms with van der Waals surface area (Å²) in [5.74, 6) is 0.344. The summed E-state index contributed by atoms with van der Waals surface area (Å²) in [5.41, 5.74) is 7.11. The Kier molecular flexibility index (Phi) is 9.14. The van der Waals surface area contributed by atoms with Crippen LogP contribution in [0.15, 0.2) is 23.4 Å². The standard InChI is InChI=1S/C22H32FN7O3/c1-14-7-8-16-15(11-14)20(30-21(28-16)22(31)25-9-10-32-2)29-18-6-4-3-5-17(18)26-13-27-33-19(24)12-23/h7-8,11,13,17-19H,3-6,9-10,12,24H2,1-2H3,(H,25,31)(H,26,27)(H,28,29,30)/t17-,18+,19?/m1/s1. The van der Waals surface area contributed by atoms with Gasteiger partial charge in [0.2, 0.25) is 12.1 Å². The average molecular weight is 462 g/mol. The molecule has 2 aromatic rings. The predicted molar refractivity (Wildman–Crippen MR) is 125 cm³/mol. The summed E-state index contributed by atoms with van der Waals surface area (Å²) in [4.78, 5) is 26.4. The number of rotatable bonds is 11. The van der Waals surface area contributed by atoms with Gasteiger partial charge >= 0.3 is 0 Å². The van der Waals surface area contributed by atoms with E-state index in [0.29, 0.717) is 24.5 Å². The number of ether oxygens (including phenoxy) is 1. The second-order valence-electron chi connectivity index (χ2n) is 8.01. The molecule has 0 spiro atoms. The van der Waals surface area contributed by atoms with Crippen LogP contribution in [0, 0.1) is 6.92 Å². The topological polar surface area (TPSA) is 136 Å². The van der Waals surface area contributed by atoms with Crippen molar-refractivity contribution in [2.24, 2.45) is 10.9 Å². The molecule has 1 aliphatic carbocycles. The van der Waals surface area contributed by atoms with Gasteiger partial charge in [-0.05, 0) is 31.9 Å². The highest BCUT2D eigenvalue weighted by atomic mass is 19.1. The summed E-state index contributed by atoms with van der Waals surface area (Å²) < 4.78 is 17.4. The van der Waals surface area contributed by atoms with Crippen LogP contribution in [0.2, 0.25) is 0 Å². The number of carbonyl (C=O) groups excluding carboxylic acids is 1. The Morgan fingerprint density at radius 2 is 2.12 bits per heavy atom. The number of alkyl halides is 1. The van der Waals surface area contributed by atoms with Crippen LogP contribution in [0.25, 0.3) is 10.9 Å². The highest BCUT2D eigenvalue weighted by molar-refractivity contribution is 5.96. The first-order chi connectivity index (χ1) is 16.0. The van der Waals surface area contributed by atoms with Crippen LogP contribution in [0.4, 0.5) is 10.2 Å². The average Bonchev–Trinajstić information content (AvgIpc) is 2.82. The number of methoxy groups -OCH3 is 1. The number of aromatic nitrogens is 2. The predicted octanol–water partition coefficient (Wildman–Crippen LogP) is 1.84. The van der Waals surface area contributed by atoms with Gasteiger partial charge in [0.1, 0.15) is 18.8 Å². The van der Waals surface area contributed by atoms with Gasteiger partial charge in [0.15, 0.2) is 0 Å². The maximum Gasteiger partial charge on any atom is 0.289 e. The van der Waals surface area contributed by atoms with Crippen molar-refractivity contribution in [3.8, 4) is 0 Å². The van der Waals surface area contributed by atoms with Gasteiger partial charge < -0.3 is 25.5 Å². The third-order valence-corrected chi connectivity index (χ3v) is 5.42. The molecule has 33 heavy (non-hydrogen) atoms. The van der Waals surface area contributed by atoms with Crippen LogP contribution >= 0.6 is 0 Å². The van der Waals surface area contributed by atoms with E-state index in [1.54, 1.807) is 7.11 Å². The molecule has 0 aliphatic heterocycles. The maximum absolute atomic E-state index is 12.6. The molecule has 1 aliphatic rings. The zero-order valence-electron chi connectivity index (χ0n) is 19.0. The lowest BCUT2D eigenvalue weighted by atomic mass is 9.90. The molecule has 0 bridgehead atoms. The molecule has 11 heteroatoms. The van der Waals surface area contributed by atoms with E-state index >= 15 is 0 Å². The summed E-state index contributed by atoms with van der Waals surface area (Å²) in [6, 6.07) is 5.92. The largest absolute Gasteiger partial charge is 0.383 e. The molecule has 1 amide bonds. The summed E-state index contributed by atoms with van der Waals surface area (Å²) in [5, 5.41) is 14.0. The van der Waals surface area contributed by atoms with E-state index in [1.165, 1.54) is 6.34 Å². The third-order valence-electron chi connectivity index (χ3n) is 5.42. The molecule has 1 aromatic heterocycles. The van der Waals surface area contributed by atoms with Gasteiger partial charge in [-0.2, -0.15) is 0 Å². The first kappa shape index (κ1) is 24.6. The number of nitrogens with zero attached hydrogens (tertiary/aromatic N) is 3. The van der Waals surface area contributed by atoms with E-state index in [-0.39, 0.29) is 23.8 Å². The molecular formula is C22H32FN7O3. The Morgan fingerprint density at radius 1 is 1.33 bits per heavy atom. The molecule has 1 fully saturated rings. The van der Waals surface area contributed by atoms with E-state index in [1.807, 2.05) is 25.1 Å². The maximum atomic E-state index is 12.6. The number of hydrogen-bond acceptors (Lipinski definition) is 8. The minimum absolute atomic E-state index is 0.0306. The number of hydrogen-bond donors (Lipinski definition) is 4. The van der Waals surface area contributed by atoms with Crippen LogP contribution < -0.4 is 21.7 Å². The molecule has 1 aromatic carbocycles. The van der Waals surface area contributed by atoms with E-state index in [2.05, 4.69) is 31.1 Å². The van der Waals surface area contributed by atoms with Crippen molar-refractivity contribution in [3.63, 3.8) is 0 Å². The SMILES string of the molecule is COCCNC(=O)c1nc(N[C@H]2CCCC[C@H]2NC=NOC(N)CF)c2cc(C)ccc2n1. The zero-order valence-corrected chi connectivity index (χ0v) is 19.0. The van der Waals surface area contributed by atoms with E-state index in [0.717, 1.165) is 36.6 Å². The number of nitrogens with two attached hydrogens (primary N) is 1. The smallest absolute Gasteiger partial charge is 0.289 e. The second-order valence-corrected chi connectivity index (χ2v) is 8.01. The number of carbonyl (C=O) groups is 1. The van der Waals surface area contributed by atoms with Gasteiger partial charge in [0.25, 0.3) is 5.91 Å². The Bertz CT molecular complexity index is 959. The number of fused-ring (bicyclic) bond motifs is 1. The number of halogens is 1. The van der Waals surface area contributed by atoms with Crippen molar-refractivity contribution >= 4 is 29.0 Å². The molecule has 3 atom stereocenters. The van der Waals surface area contributed by atoms with Gasteiger partial charge in [-0.1, -0.05) is 29.6 Å². The van der Waals surface area contributed by atoms with Gasteiger partial charge in [-0.3, -0.25) is 10.5 Å². The number of benzene rings is 1. The van der Waals surface area contributed by atoms with Crippen LogP contribution in [0.3, 0.4) is 0 Å². The fourth-order valence-electron chi connectivity index (χ4n) is 3.74. The molecule has 1 saturated carbocycles. The highest BCUT2D eigenvalue weighted by Crippen LogP contribution is 2.26. The monoisotopic (exact) mass is 461 g/mol. The number of amides is 1. The minimum Gasteiger partial charge on any atom is -0.383 e. The summed E-state index contributed by atoms with van der Waals surface area (Å²) in [7, 11) is 1.57. The minimum atomic E-state index is -1.08. The molecule has 0 saturated heterocycles. The van der Waals surface area contributed by atoms with E-state index < -0.39 is 12.9 Å². The fraction of sp³-hybridized carbons (Fsp3) is 0.545. The fourth-order valence-corrected chi connectivity index (χ4v) is 3.74. The summed E-state index contributed by atoms with van der Waals surface area (Å²) in [6.07, 6.45) is 4.26. The van der Waals surface area contributed by atoms with Crippen molar-refractivity contribution < 1.29 is 18.8 Å². The van der Waals surface area contributed by atoms with Crippen LogP contribution in [0.1, 0.15) is 41.9 Å². The zero-order chi connectivity index (χ0) is 23.6. The molecule has 3 rings (SSSR count). The first-order valence-corrected chi connectivity index (χ1v) is 11.1. The van der Waals surface area contributed by atoms with Crippen LogP contribution in [0.5, 0.6) is 0 Å². The van der Waals surface area contributed by atoms with Gasteiger partial charge in [-0.15, -0.1) is 0 Å².